The van der Waals surface area contributed by atoms with Gasteiger partial charge >= 0.3 is 0 Å². The van der Waals surface area contributed by atoms with E-state index < -0.39 is 5.60 Å². The molecular formula is C32H54O2. The van der Waals surface area contributed by atoms with E-state index >= 15 is 0 Å². The molecule has 4 saturated carbocycles. The number of allylic oxidation sites excluding steroid dienone is 1. The number of hydrogen-bond acceptors (Lipinski definition) is 2. The van der Waals surface area contributed by atoms with E-state index in [2.05, 4.69) is 40.7 Å². The highest BCUT2D eigenvalue weighted by Gasteiger charge is 2.60. The summed E-state index contributed by atoms with van der Waals surface area (Å²) in [7, 11) is 0. The molecule has 5 rings (SSSR count). The van der Waals surface area contributed by atoms with Crippen molar-refractivity contribution in [1.82, 2.24) is 0 Å². The molecule has 0 aromatic heterocycles. The van der Waals surface area contributed by atoms with Crippen molar-refractivity contribution in [1.29, 1.82) is 0 Å². The van der Waals surface area contributed by atoms with Crippen LogP contribution < -0.4 is 0 Å². The zero-order chi connectivity index (χ0) is 24.6. The number of fused-ring (bicyclic) bond motifs is 5. The van der Waals surface area contributed by atoms with Crippen molar-refractivity contribution in [3.05, 3.63) is 11.6 Å². The Hall–Kier alpha value is -0.340. The van der Waals surface area contributed by atoms with Gasteiger partial charge < -0.3 is 10.2 Å². The van der Waals surface area contributed by atoms with Crippen LogP contribution in [0.2, 0.25) is 0 Å². The summed E-state index contributed by atoms with van der Waals surface area (Å²) in [6, 6.07) is 0. The highest BCUT2D eigenvalue weighted by Crippen LogP contribution is 2.68. The van der Waals surface area contributed by atoms with Crippen LogP contribution in [0.1, 0.15) is 131 Å². The van der Waals surface area contributed by atoms with Crippen LogP contribution in [0.5, 0.6) is 0 Å². The maximum absolute atomic E-state index is 11.2. The Morgan fingerprint density at radius 1 is 0.824 bits per heavy atom. The summed E-state index contributed by atoms with van der Waals surface area (Å²) in [4.78, 5) is 0. The second-order valence-electron chi connectivity index (χ2n) is 15.5. The average molecular weight is 471 g/mol. The second kappa shape index (κ2) is 8.34. The van der Waals surface area contributed by atoms with Crippen LogP contribution in [0.4, 0.5) is 0 Å². The minimum Gasteiger partial charge on any atom is -0.390 e. The van der Waals surface area contributed by atoms with Gasteiger partial charge in [-0.05, 0) is 136 Å². The molecule has 2 N–H and O–H groups in total. The summed E-state index contributed by atoms with van der Waals surface area (Å²) in [6.45, 7) is 14.5. The van der Waals surface area contributed by atoms with Crippen molar-refractivity contribution in [2.45, 2.75) is 143 Å². The van der Waals surface area contributed by atoms with E-state index in [0.717, 1.165) is 55.8 Å². The molecule has 0 amide bonds. The van der Waals surface area contributed by atoms with E-state index in [1.54, 1.807) is 5.57 Å². The molecule has 0 saturated heterocycles. The van der Waals surface area contributed by atoms with Crippen LogP contribution in [0.25, 0.3) is 0 Å². The van der Waals surface area contributed by atoms with Gasteiger partial charge in [0.25, 0.3) is 0 Å². The van der Waals surface area contributed by atoms with Gasteiger partial charge in [0.05, 0.1) is 11.2 Å². The van der Waals surface area contributed by atoms with Gasteiger partial charge in [0.1, 0.15) is 0 Å². The molecule has 34 heavy (non-hydrogen) atoms. The van der Waals surface area contributed by atoms with E-state index in [0.29, 0.717) is 22.2 Å². The lowest BCUT2D eigenvalue weighted by Gasteiger charge is -2.60. The fourth-order valence-corrected chi connectivity index (χ4v) is 10.1. The van der Waals surface area contributed by atoms with Crippen LogP contribution in [0.3, 0.4) is 0 Å². The van der Waals surface area contributed by atoms with Gasteiger partial charge in [-0.15, -0.1) is 0 Å². The van der Waals surface area contributed by atoms with Gasteiger partial charge in [-0.3, -0.25) is 0 Å². The molecule has 8 atom stereocenters. The van der Waals surface area contributed by atoms with Crippen LogP contribution in [-0.2, 0) is 0 Å². The van der Waals surface area contributed by atoms with E-state index in [1.165, 1.54) is 57.8 Å². The smallest absolute Gasteiger partial charge is 0.0657 e. The predicted octanol–water partition coefficient (Wildman–Crippen LogP) is 8.06. The maximum atomic E-state index is 11.2. The van der Waals surface area contributed by atoms with Gasteiger partial charge in [0, 0.05) is 0 Å². The fourth-order valence-electron chi connectivity index (χ4n) is 10.1. The number of aliphatic hydroxyl groups is 2. The number of hydrogen-bond donors (Lipinski definition) is 2. The first-order valence-electron chi connectivity index (χ1n) is 14.9. The topological polar surface area (TPSA) is 40.5 Å². The van der Waals surface area contributed by atoms with Crippen molar-refractivity contribution < 1.29 is 10.2 Å². The fraction of sp³-hybridized carbons (Fsp3) is 0.938. The summed E-state index contributed by atoms with van der Waals surface area (Å²) in [5.41, 5.74) is 1.93. The predicted molar refractivity (Wildman–Crippen MR) is 141 cm³/mol. The minimum atomic E-state index is -0.502. The Balaban J connectivity index is 1.26. The molecule has 0 aromatic carbocycles. The van der Waals surface area contributed by atoms with Gasteiger partial charge in [-0.25, -0.2) is 0 Å². The Morgan fingerprint density at radius 2 is 1.53 bits per heavy atom. The minimum absolute atomic E-state index is 0.316. The monoisotopic (exact) mass is 470 g/mol. The lowest BCUT2D eigenvalue weighted by atomic mass is 9.45. The third-order valence-corrected chi connectivity index (χ3v) is 12.6. The standard InChI is InChI=1S/C32H54O2/c1-22-20-24-21-29(4,33)16-17-31(24,6)26-11-13-30(5)23(9-10-25(30)27(22)26)8-7-12-32(34)18-14-28(2,3)15-19-32/h20,22-23,25-27,33-34H,7-19,21H2,1-6H3/t22?,23?,25?,26?,27?,29-,30?,31?/m0/s1. The molecule has 0 radical (unpaired) electrons. The maximum Gasteiger partial charge on any atom is 0.0657 e. The lowest BCUT2D eigenvalue weighted by molar-refractivity contribution is -0.0808. The van der Waals surface area contributed by atoms with Crippen LogP contribution in [0.15, 0.2) is 11.6 Å². The zero-order valence-electron chi connectivity index (χ0n) is 23.3. The third-order valence-electron chi connectivity index (χ3n) is 12.6. The first-order valence-corrected chi connectivity index (χ1v) is 14.9. The highest BCUT2D eigenvalue weighted by atomic mass is 16.3. The van der Waals surface area contributed by atoms with Gasteiger partial charge in [-0.2, -0.15) is 0 Å². The van der Waals surface area contributed by atoms with Crippen molar-refractivity contribution in [2.75, 3.05) is 0 Å². The third kappa shape index (κ3) is 4.25. The van der Waals surface area contributed by atoms with Crippen molar-refractivity contribution in [2.24, 2.45) is 45.8 Å². The van der Waals surface area contributed by atoms with E-state index in [-0.39, 0.29) is 5.60 Å². The largest absolute Gasteiger partial charge is 0.390 e. The van der Waals surface area contributed by atoms with Crippen LogP contribution >= 0.6 is 0 Å². The molecule has 0 aromatic rings. The summed E-state index contributed by atoms with van der Waals surface area (Å²) in [5, 5.41) is 22.0. The molecule has 0 aliphatic heterocycles. The summed E-state index contributed by atoms with van der Waals surface area (Å²) >= 11 is 0. The molecule has 0 bridgehead atoms. The summed E-state index contributed by atoms with van der Waals surface area (Å²) in [5.74, 6) is 3.99. The molecule has 4 fully saturated rings. The van der Waals surface area contributed by atoms with E-state index in [1.807, 2.05) is 6.92 Å². The van der Waals surface area contributed by atoms with Crippen molar-refractivity contribution >= 4 is 0 Å². The lowest BCUT2D eigenvalue weighted by Crippen LogP contribution is -2.53. The summed E-state index contributed by atoms with van der Waals surface area (Å²) in [6.07, 6.45) is 19.2. The SMILES string of the molecule is CC1C=C2C[C@@](C)(O)CCC2(C)C2CCC3(C)C(CCCC4(O)CCC(C)(C)CC4)CCC3C12. The molecule has 0 heterocycles. The quantitative estimate of drug-likeness (QED) is 0.408. The van der Waals surface area contributed by atoms with Gasteiger partial charge in [0.2, 0.25) is 0 Å². The normalized spacial score (nSPS) is 49.5. The molecule has 2 heteroatoms. The van der Waals surface area contributed by atoms with Crippen molar-refractivity contribution in [3.8, 4) is 0 Å². The molecular weight excluding hydrogens is 416 g/mol. The Morgan fingerprint density at radius 3 is 2.24 bits per heavy atom. The summed E-state index contributed by atoms with van der Waals surface area (Å²) < 4.78 is 0. The first-order chi connectivity index (χ1) is 15.8. The van der Waals surface area contributed by atoms with Gasteiger partial charge in [-0.1, -0.05) is 52.7 Å². The molecule has 5 aliphatic rings. The highest BCUT2D eigenvalue weighted by molar-refractivity contribution is 5.28. The molecule has 2 nitrogen and oxygen atoms in total. The van der Waals surface area contributed by atoms with E-state index in [9.17, 15) is 10.2 Å². The second-order valence-corrected chi connectivity index (χ2v) is 15.5. The molecule has 7 unspecified atom stereocenters. The number of rotatable bonds is 4. The first kappa shape index (κ1) is 25.3. The molecule has 194 valence electrons. The zero-order valence-corrected chi connectivity index (χ0v) is 23.3. The van der Waals surface area contributed by atoms with Crippen LogP contribution in [-0.4, -0.2) is 21.4 Å². The van der Waals surface area contributed by atoms with Crippen LogP contribution in [0, 0.1) is 45.8 Å². The molecule has 5 aliphatic carbocycles. The Bertz CT molecular complexity index is 798. The van der Waals surface area contributed by atoms with Crippen molar-refractivity contribution in [3.63, 3.8) is 0 Å². The Labute approximate surface area is 210 Å². The molecule has 0 spiro atoms. The van der Waals surface area contributed by atoms with E-state index in [4.69, 9.17) is 0 Å². The average Bonchev–Trinajstić information content (AvgIpc) is 3.08. The van der Waals surface area contributed by atoms with Gasteiger partial charge in [0.15, 0.2) is 0 Å². The Kier molecular flexibility index (Phi) is 6.21.